The van der Waals surface area contributed by atoms with E-state index < -0.39 is 0 Å². The average molecular weight is 289 g/mol. The second-order valence-electron chi connectivity index (χ2n) is 2.89. The van der Waals surface area contributed by atoms with Crippen LogP contribution in [0, 0.1) is 17.1 Å². The third-order valence-corrected chi connectivity index (χ3v) is 2.98. The number of benzene rings is 1. The number of halogens is 3. The molecule has 0 atom stereocenters. The van der Waals surface area contributed by atoms with E-state index >= 15 is 0 Å². The van der Waals surface area contributed by atoms with Crippen LogP contribution in [0.25, 0.3) is 5.03 Å². The van der Waals surface area contributed by atoms with Crippen LogP contribution in [0.5, 0.6) is 0 Å². The van der Waals surface area contributed by atoms with Gasteiger partial charge in [0.1, 0.15) is 5.82 Å². The van der Waals surface area contributed by atoms with Crippen LogP contribution < -0.4 is 0 Å². The van der Waals surface area contributed by atoms with Gasteiger partial charge in [0, 0.05) is 5.57 Å². The Balaban J connectivity index is 3.24. The third kappa shape index (κ3) is 2.80. The topological polar surface area (TPSA) is 23.8 Å². The first-order chi connectivity index (χ1) is 7.10. The van der Waals surface area contributed by atoms with Crippen molar-refractivity contribution in [2.24, 2.45) is 0 Å². The van der Waals surface area contributed by atoms with Gasteiger partial charge in [0.25, 0.3) is 0 Å². The van der Waals surface area contributed by atoms with E-state index in [0.717, 1.165) is 0 Å². The van der Waals surface area contributed by atoms with Gasteiger partial charge in [-0.1, -0.05) is 24.6 Å². The molecule has 0 bridgehead atoms. The summed E-state index contributed by atoms with van der Waals surface area (Å²) >= 11 is 9.08. The second kappa shape index (κ2) is 5.29. The Kier molecular flexibility index (Phi) is 4.31. The minimum absolute atomic E-state index is 0.339. The first-order valence-electron chi connectivity index (χ1n) is 4.34. The molecule has 1 aromatic carbocycles. The van der Waals surface area contributed by atoms with Gasteiger partial charge in [-0.15, -0.1) is 0 Å². The van der Waals surface area contributed by atoms with Crippen LogP contribution in [0.3, 0.4) is 0 Å². The quantitative estimate of drug-likeness (QED) is 0.737. The molecule has 1 nitrogen and oxygen atoms in total. The Morgan fingerprint density at radius 3 is 2.73 bits per heavy atom. The minimum atomic E-state index is -0.349. The van der Waals surface area contributed by atoms with Crippen LogP contribution in [0.4, 0.5) is 4.39 Å². The number of hydrogen-bond donors (Lipinski definition) is 0. The first kappa shape index (κ1) is 12.2. The first-order valence-corrected chi connectivity index (χ1v) is 5.51. The van der Waals surface area contributed by atoms with Crippen molar-refractivity contribution in [1.82, 2.24) is 0 Å². The molecule has 0 N–H and O–H groups in total. The standard InChI is InChI=1S/C11H8BrClFN/c1-2-7(6-15)11(13)8-3-4-10(14)9(12)5-8/h3-5H,2H2,1H3/b11-7-. The Morgan fingerprint density at radius 1 is 1.60 bits per heavy atom. The maximum Gasteiger partial charge on any atom is 0.137 e. The van der Waals surface area contributed by atoms with Crippen LogP contribution in [0.15, 0.2) is 28.2 Å². The van der Waals surface area contributed by atoms with Crippen LogP contribution in [0.1, 0.15) is 18.9 Å². The predicted molar refractivity (Wildman–Crippen MR) is 62.8 cm³/mol. The van der Waals surface area contributed by atoms with E-state index in [-0.39, 0.29) is 5.82 Å². The summed E-state index contributed by atoms with van der Waals surface area (Å²) in [6, 6.07) is 6.45. The Labute approximate surface area is 101 Å². The van der Waals surface area contributed by atoms with E-state index in [2.05, 4.69) is 15.9 Å². The molecule has 0 aliphatic rings. The fourth-order valence-corrected chi connectivity index (χ4v) is 1.76. The molecular weight excluding hydrogens is 280 g/mol. The van der Waals surface area contributed by atoms with Crippen LogP contribution in [0.2, 0.25) is 0 Å². The zero-order chi connectivity index (χ0) is 11.4. The van der Waals surface area contributed by atoms with Gasteiger partial charge in [-0.2, -0.15) is 5.26 Å². The van der Waals surface area contributed by atoms with E-state index in [1.54, 1.807) is 12.1 Å². The summed E-state index contributed by atoms with van der Waals surface area (Å²) in [6.07, 6.45) is 0.560. The SMILES string of the molecule is CC/C(C#N)=C(/Cl)c1ccc(F)c(Br)c1. The molecule has 0 fully saturated rings. The minimum Gasteiger partial charge on any atom is -0.206 e. The lowest BCUT2D eigenvalue weighted by Gasteiger charge is -2.03. The highest BCUT2D eigenvalue weighted by molar-refractivity contribution is 9.10. The molecule has 1 aromatic rings. The van der Waals surface area contributed by atoms with Gasteiger partial charge < -0.3 is 0 Å². The van der Waals surface area contributed by atoms with Crippen molar-refractivity contribution in [1.29, 1.82) is 5.26 Å². The van der Waals surface area contributed by atoms with E-state index in [9.17, 15) is 4.39 Å². The highest BCUT2D eigenvalue weighted by Crippen LogP contribution is 2.27. The molecule has 0 saturated carbocycles. The van der Waals surface area contributed by atoms with E-state index in [1.165, 1.54) is 6.07 Å². The van der Waals surface area contributed by atoms with Crippen molar-refractivity contribution in [2.75, 3.05) is 0 Å². The largest absolute Gasteiger partial charge is 0.206 e. The Bertz CT molecular complexity index is 448. The van der Waals surface area contributed by atoms with Gasteiger partial charge in [-0.3, -0.25) is 0 Å². The molecule has 4 heteroatoms. The summed E-state index contributed by atoms with van der Waals surface area (Å²) in [5, 5.41) is 9.18. The lowest BCUT2D eigenvalue weighted by molar-refractivity contribution is 0.621. The number of rotatable bonds is 2. The number of nitriles is 1. The monoisotopic (exact) mass is 287 g/mol. The molecule has 0 radical (unpaired) electrons. The fraction of sp³-hybridized carbons (Fsp3) is 0.182. The molecular formula is C11H8BrClFN. The second-order valence-corrected chi connectivity index (χ2v) is 4.12. The summed E-state index contributed by atoms with van der Waals surface area (Å²) in [7, 11) is 0. The molecule has 0 aromatic heterocycles. The number of nitrogens with zero attached hydrogens (tertiary/aromatic N) is 1. The zero-order valence-electron chi connectivity index (χ0n) is 8.02. The van der Waals surface area contributed by atoms with Crippen molar-refractivity contribution in [3.8, 4) is 6.07 Å². The van der Waals surface area contributed by atoms with Crippen molar-refractivity contribution < 1.29 is 4.39 Å². The smallest absolute Gasteiger partial charge is 0.137 e. The molecule has 0 unspecified atom stereocenters. The summed E-state index contributed by atoms with van der Waals surface area (Å²) in [5.41, 5.74) is 1.14. The van der Waals surface area contributed by atoms with E-state index in [0.29, 0.717) is 27.1 Å². The van der Waals surface area contributed by atoms with E-state index in [4.69, 9.17) is 16.9 Å². The molecule has 15 heavy (non-hydrogen) atoms. The molecule has 0 heterocycles. The van der Waals surface area contributed by atoms with Gasteiger partial charge >= 0.3 is 0 Å². The van der Waals surface area contributed by atoms with Crippen LogP contribution >= 0.6 is 27.5 Å². The fourth-order valence-electron chi connectivity index (χ4n) is 1.09. The lowest BCUT2D eigenvalue weighted by atomic mass is 10.1. The Hall–Kier alpha value is -0.850. The van der Waals surface area contributed by atoms with Gasteiger partial charge in [-0.05, 0) is 40.0 Å². The van der Waals surface area contributed by atoms with Gasteiger partial charge in [0.15, 0.2) is 0 Å². The van der Waals surface area contributed by atoms with E-state index in [1.807, 2.05) is 13.0 Å². The molecule has 0 amide bonds. The van der Waals surface area contributed by atoms with Gasteiger partial charge in [0.2, 0.25) is 0 Å². The zero-order valence-corrected chi connectivity index (χ0v) is 10.4. The summed E-state index contributed by atoms with van der Waals surface area (Å²) < 4.78 is 13.3. The number of allylic oxidation sites excluding steroid dienone is 1. The molecule has 0 aliphatic heterocycles. The third-order valence-electron chi connectivity index (χ3n) is 1.93. The maximum absolute atomic E-state index is 13.0. The normalized spacial score (nSPS) is 11.9. The van der Waals surface area contributed by atoms with Crippen LogP contribution in [-0.4, -0.2) is 0 Å². The molecule has 0 saturated heterocycles. The highest BCUT2D eigenvalue weighted by atomic mass is 79.9. The highest BCUT2D eigenvalue weighted by Gasteiger charge is 2.07. The Morgan fingerprint density at radius 2 is 2.27 bits per heavy atom. The van der Waals surface area contributed by atoms with Crippen molar-refractivity contribution in [2.45, 2.75) is 13.3 Å². The summed E-state index contributed by atoms with van der Waals surface area (Å²) in [4.78, 5) is 0. The number of hydrogen-bond acceptors (Lipinski definition) is 1. The molecule has 0 spiro atoms. The molecule has 1 rings (SSSR count). The average Bonchev–Trinajstić information content (AvgIpc) is 2.23. The summed E-state index contributed by atoms with van der Waals surface area (Å²) in [6.45, 7) is 1.85. The van der Waals surface area contributed by atoms with Crippen molar-refractivity contribution >= 4 is 32.6 Å². The molecule has 0 aliphatic carbocycles. The van der Waals surface area contributed by atoms with Gasteiger partial charge in [0.05, 0.1) is 15.6 Å². The maximum atomic E-state index is 13.0. The van der Waals surface area contributed by atoms with Crippen molar-refractivity contribution in [3.05, 3.63) is 39.6 Å². The summed E-state index contributed by atoms with van der Waals surface area (Å²) in [5.74, 6) is -0.349. The van der Waals surface area contributed by atoms with Crippen LogP contribution in [-0.2, 0) is 0 Å². The van der Waals surface area contributed by atoms with Crippen molar-refractivity contribution in [3.63, 3.8) is 0 Å². The lowest BCUT2D eigenvalue weighted by Crippen LogP contribution is -1.86. The predicted octanol–water partition coefficient (Wildman–Crippen LogP) is 4.47. The van der Waals surface area contributed by atoms with Gasteiger partial charge in [-0.25, -0.2) is 4.39 Å². The molecule has 78 valence electrons.